The number of hydrogen-bond acceptors (Lipinski definition) is 4. The molecular weight excluding hydrogens is 252 g/mol. The van der Waals surface area contributed by atoms with Crippen LogP contribution in [0.15, 0.2) is 24.3 Å². The van der Waals surface area contributed by atoms with Gasteiger partial charge in [-0.2, -0.15) is 0 Å². The minimum absolute atomic E-state index is 0.227. The summed E-state index contributed by atoms with van der Waals surface area (Å²) in [6.45, 7) is 4.82. The number of ether oxygens (including phenoxy) is 1. The van der Waals surface area contributed by atoms with E-state index in [2.05, 4.69) is 34.5 Å². The largest absolute Gasteiger partial charge is 0.468 e. The zero-order valence-corrected chi connectivity index (χ0v) is 12.4. The number of anilines is 1. The fraction of sp³-hybridized carbons (Fsp3) is 0.562. The molecule has 0 bridgehead atoms. The molecule has 0 unspecified atom stereocenters. The summed E-state index contributed by atoms with van der Waals surface area (Å²) < 4.78 is 4.69. The van der Waals surface area contributed by atoms with Crippen LogP contribution in [0.5, 0.6) is 0 Å². The van der Waals surface area contributed by atoms with Gasteiger partial charge in [0.2, 0.25) is 0 Å². The number of carbonyl (C=O) groups is 1. The van der Waals surface area contributed by atoms with Gasteiger partial charge in [0, 0.05) is 25.3 Å². The number of benzene rings is 1. The molecule has 1 aromatic rings. The van der Waals surface area contributed by atoms with Crippen molar-refractivity contribution in [2.45, 2.75) is 38.8 Å². The van der Waals surface area contributed by atoms with Crippen LogP contribution in [-0.4, -0.2) is 32.2 Å². The van der Waals surface area contributed by atoms with Crippen molar-refractivity contribution in [1.29, 1.82) is 0 Å². The van der Waals surface area contributed by atoms with E-state index in [1.165, 1.54) is 37.6 Å². The van der Waals surface area contributed by atoms with Crippen molar-refractivity contribution in [3.05, 3.63) is 29.8 Å². The van der Waals surface area contributed by atoms with E-state index in [1.807, 2.05) is 6.92 Å². The van der Waals surface area contributed by atoms with Gasteiger partial charge in [0.1, 0.15) is 6.04 Å². The van der Waals surface area contributed by atoms with Crippen molar-refractivity contribution in [3.63, 3.8) is 0 Å². The van der Waals surface area contributed by atoms with Gasteiger partial charge in [-0.3, -0.25) is 4.79 Å². The minimum Gasteiger partial charge on any atom is -0.468 e. The molecule has 20 heavy (non-hydrogen) atoms. The van der Waals surface area contributed by atoms with Gasteiger partial charge < -0.3 is 15.0 Å². The lowest BCUT2D eigenvalue weighted by Gasteiger charge is -2.28. The second-order valence-electron chi connectivity index (χ2n) is 5.34. The Kier molecular flexibility index (Phi) is 5.41. The summed E-state index contributed by atoms with van der Waals surface area (Å²) in [7, 11) is 1.41. The molecule has 1 aliphatic heterocycles. The number of carbonyl (C=O) groups excluding carboxylic acids is 1. The molecule has 1 aromatic carbocycles. The Labute approximate surface area is 121 Å². The first-order chi connectivity index (χ1) is 9.70. The summed E-state index contributed by atoms with van der Waals surface area (Å²) in [5, 5.41) is 3.16. The van der Waals surface area contributed by atoms with E-state index in [0.29, 0.717) is 6.54 Å². The van der Waals surface area contributed by atoms with Crippen LogP contribution in [-0.2, 0) is 16.1 Å². The molecule has 1 saturated heterocycles. The molecule has 1 atom stereocenters. The van der Waals surface area contributed by atoms with Crippen LogP contribution < -0.4 is 10.2 Å². The van der Waals surface area contributed by atoms with E-state index < -0.39 is 0 Å². The molecule has 1 fully saturated rings. The molecule has 0 radical (unpaired) electrons. The van der Waals surface area contributed by atoms with E-state index in [1.54, 1.807) is 0 Å². The van der Waals surface area contributed by atoms with Crippen molar-refractivity contribution in [2.75, 3.05) is 25.1 Å². The van der Waals surface area contributed by atoms with E-state index in [9.17, 15) is 4.79 Å². The average molecular weight is 276 g/mol. The summed E-state index contributed by atoms with van der Waals surface area (Å²) in [6.07, 6.45) is 3.93. The van der Waals surface area contributed by atoms with Gasteiger partial charge in [-0.25, -0.2) is 0 Å². The zero-order valence-electron chi connectivity index (χ0n) is 12.4. The third-order valence-corrected chi connectivity index (χ3v) is 3.82. The number of nitrogens with zero attached hydrogens (tertiary/aromatic N) is 1. The van der Waals surface area contributed by atoms with Crippen LogP contribution in [0, 0.1) is 0 Å². The first-order valence-electron chi connectivity index (χ1n) is 7.36. The highest BCUT2D eigenvalue weighted by Crippen LogP contribution is 2.20. The molecule has 0 aromatic heterocycles. The van der Waals surface area contributed by atoms with Crippen molar-refractivity contribution in [2.24, 2.45) is 0 Å². The van der Waals surface area contributed by atoms with Crippen molar-refractivity contribution < 1.29 is 9.53 Å². The summed E-state index contributed by atoms with van der Waals surface area (Å²) in [5.74, 6) is -0.227. The lowest BCUT2D eigenvalue weighted by atomic mass is 10.1. The Hall–Kier alpha value is -1.55. The number of nitrogens with one attached hydrogen (secondary N) is 1. The Morgan fingerprint density at radius 1 is 1.25 bits per heavy atom. The van der Waals surface area contributed by atoms with Crippen molar-refractivity contribution in [3.8, 4) is 0 Å². The smallest absolute Gasteiger partial charge is 0.322 e. The van der Waals surface area contributed by atoms with Gasteiger partial charge in [-0.05, 0) is 43.9 Å². The van der Waals surface area contributed by atoms with Gasteiger partial charge in [0.05, 0.1) is 7.11 Å². The third kappa shape index (κ3) is 3.97. The van der Waals surface area contributed by atoms with Gasteiger partial charge in [0.25, 0.3) is 0 Å². The topological polar surface area (TPSA) is 41.6 Å². The molecule has 4 heteroatoms. The Bertz CT molecular complexity index is 425. The van der Waals surface area contributed by atoms with Crippen molar-refractivity contribution in [1.82, 2.24) is 5.32 Å². The monoisotopic (exact) mass is 276 g/mol. The number of esters is 1. The highest BCUT2D eigenvalue weighted by molar-refractivity contribution is 5.75. The molecule has 4 nitrogen and oxygen atoms in total. The Morgan fingerprint density at radius 2 is 1.90 bits per heavy atom. The fourth-order valence-corrected chi connectivity index (χ4v) is 2.51. The molecule has 1 N–H and O–H groups in total. The first-order valence-corrected chi connectivity index (χ1v) is 7.36. The summed E-state index contributed by atoms with van der Waals surface area (Å²) in [5.41, 5.74) is 2.48. The maximum Gasteiger partial charge on any atom is 0.322 e. The second kappa shape index (κ2) is 7.29. The molecule has 2 rings (SSSR count). The van der Waals surface area contributed by atoms with Gasteiger partial charge >= 0.3 is 5.97 Å². The van der Waals surface area contributed by atoms with Gasteiger partial charge in [-0.15, -0.1) is 0 Å². The van der Waals surface area contributed by atoms with Crippen LogP contribution in [0.3, 0.4) is 0 Å². The highest BCUT2D eigenvalue weighted by atomic mass is 16.5. The number of piperidine rings is 1. The number of methoxy groups -OCH3 is 1. The van der Waals surface area contributed by atoms with Gasteiger partial charge in [0.15, 0.2) is 0 Å². The minimum atomic E-state index is -0.276. The van der Waals surface area contributed by atoms with Crippen LogP contribution in [0.2, 0.25) is 0 Å². The standard InChI is InChI=1S/C16H24N2O2/c1-13(16(19)20-2)17-12-14-6-8-15(9-7-14)18-10-4-3-5-11-18/h6-9,13,17H,3-5,10-12H2,1-2H3/t13-/m0/s1. The summed E-state index contributed by atoms with van der Waals surface area (Å²) in [4.78, 5) is 13.7. The predicted molar refractivity (Wildman–Crippen MR) is 80.8 cm³/mol. The van der Waals surface area contributed by atoms with Crippen molar-refractivity contribution >= 4 is 11.7 Å². The van der Waals surface area contributed by atoms with E-state index in [-0.39, 0.29) is 12.0 Å². The molecule has 0 saturated carbocycles. The predicted octanol–water partition coefficient (Wildman–Crippen LogP) is 2.33. The maximum absolute atomic E-state index is 11.3. The normalized spacial score (nSPS) is 16.8. The molecule has 110 valence electrons. The zero-order chi connectivity index (χ0) is 14.4. The van der Waals surface area contributed by atoms with Crippen LogP contribution in [0.1, 0.15) is 31.7 Å². The third-order valence-electron chi connectivity index (χ3n) is 3.82. The molecular formula is C16H24N2O2. The molecule has 0 spiro atoms. The second-order valence-corrected chi connectivity index (χ2v) is 5.34. The molecule has 0 amide bonds. The Morgan fingerprint density at radius 3 is 2.50 bits per heavy atom. The van der Waals surface area contributed by atoms with E-state index in [4.69, 9.17) is 4.74 Å². The summed E-state index contributed by atoms with van der Waals surface area (Å²) >= 11 is 0. The Balaban J connectivity index is 1.86. The molecule has 1 aliphatic rings. The fourth-order valence-electron chi connectivity index (χ4n) is 2.51. The maximum atomic E-state index is 11.3. The lowest BCUT2D eigenvalue weighted by Crippen LogP contribution is -2.34. The average Bonchev–Trinajstić information content (AvgIpc) is 2.53. The van der Waals surface area contributed by atoms with Gasteiger partial charge in [-0.1, -0.05) is 12.1 Å². The van der Waals surface area contributed by atoms with E-state index >= 15 is 0 Å². The molecule has 0 aliphatic carbocycles. The number of hydrogen-bond donors (Lipinski definition) is 1. The van der Waals surface area contributed by atoms with Crippen LogP contribution in [0.4, 0.5) is 5.69 Å². The van der Waals surface area contributed by atoms with Crippen LogP contribution in [0.25, 0.3) is 0 Å². The van der Waals surface area contributed by atoms with E-state index in [0.717, 1.165) is 13.1 Å². The highest BCUT2D eigenvalue weighted by Gasteiger charge is 2.12. The quantitative estimate of drug-likeness (QED) is 0.838. The number of rotatable bonds is 5. The lowest BCUT2D eigenvalue weighted by molar-refractivity contribution is -0.142. The SMILES string of the molecule is COC(=O)[C@H](C)NCc1ccc(N2CCCCC2)cc1. The van der Waals surface area contributed by atoms with Crippen LogP contribution >= 0.6 is 0 Å². The molecule has 1 heterocycles. The first kappa shape index (κ1) is 14.9. The summed E-state index contributed by atoms with van der Waals surface area (Å²) in [6, 6.07) is 8.32.